The molecule has 0 aliphatic carbocycles. The number of carbonyl (C=O) groups excluding carboxylic acids is 1. The van der Waals surface area contributed by atoms with E-state index in [2.05, 4.69) is 33.0 Å². The van der Waals surface area contributed by atoms with Crippen LogP contribution in [0, 0.1) is 11.8 Å². The maximum atomic E-state index is 12.0. The predicted octanol–water partition coefficient (Wildman–Crippen LogP) is 2.29. The van der Waals surface area contributed by atoms with Gasteiger partial charge in [-0.25, -0.2) is 0 Å². The molecule has 0 aromatic rings. The second kappa shape index (κ2) is 9.35. The van der Waals surface area contributed by atoms with Crippen LogP contribution in [-0.4, -0.2) is 49.7 Å². The van der Waals surface area contributed by atoms with Gasteiger partial charge in [-0.1, -0.05) is 27.7 Å². The van der Waals surface area contributed by atoms with Crippen molar-refractivity contribution >= 4 is 5.91 Å². The van der Waals surface area contributed by atoms with Crippen LogP contribution in [0.15, 0.2) is 0 Å². The third kappa shape index (κ3) is 6.71. The number of amides is 1. The quantitative estimate of drug-likeness (QED) is 0.695. The van der Waals surface area contributed by atoms with Crippen LogP contribution < -0.4 is 5.32 Å². The standard InChI is InChI=1S/C16H32N2O2/c1-13(2)15-5-9-18(10-6-15)16(19)7-11-20-12-8-17-14(3)4/h13-15,17H,5-12H2,1-4H3. The van der Waals surface area contributed by atoms with E-state index in [1.54, 1.807) is 0 Å². The van der Waals surface area contributed by atoms with Crippen molar-refractivity contribution in [2.24, 2.45) is 11.8 Å². The monoisotopic (exact) mass is 284 g/mol. The van der Waals surface area contributed by atoms with Crippen molar-refractivity contribution in [1.29, 1.82) is 0 Å². The molecule has 1 rings (SSSR count). The van der Waals surface area contributed by atoms with Gasteiger partial charge in [0.1, 0.15) is 0 Å². The molecule has 0 unspecified atom stereocenters. The number of rotatable bonds is 8. The molecule has 4 nitrogen and oxygen atoms in total. The molecule has 0 saturated carbocycles. The van der Waals surface area contributed by atoms with Gasteiger partial charge in [0.25, 0.3) is 0 Å². The third-order valence-electron chi connectivity index (χ3n) is 4.09. The molecule has 0 radical (unpaired) electrons. The molecule has 1 saturated heterocycles. The smallest absolute Gasteiger partial charge is 0.224 e. The van der Waals surface area contributed by atoms with Crippen molar-refractivity contribution in [3.05, 3.63) is 0 Å². The fourth-order valence-electron chi connectivity index (χ4n) is 2.65. The Bertz CT molecular complexity index is 272. The van der Waals surface area contributed by atoms with Gasteiger partial charge >= 0.3 is 0 Å². The summed E-state index contributed by atoms with van der Waals surface area (Å²) in [6, 6.07) is 0.488. The lowest BCUT2D eigenvalue weighted by Gasteiger charge is -2.34. The van der Waals surface area contributed by atoms with Gasteiger partial charge in [-0.2, -0.15) is 0 Å². The van der Waals surface area contributed by atoms with E-state index in [0.717, 1.165) is 44.3 Å². The molecule has 1 heterocycles. The SMILES string of the molecule is CC(C)NCCOCCC(=O)N1CCC(C(C)C)CC1. The maximum absolute atomic E-state index is 12.0. The van der Waals surface area contributed by atoms with E-state index >= 15 is 0 Å². The highest BCUT2D eigenvalue weighted by Crippen LogP contribution is 2.24. The minimum absolute atomic E-state index is 0.254. The second-order valence-electron chi connectivity index (χ2n) is 6.43. The zero-order chi connectivity index (χ0) is 15.0. The van der Waals surface area contributed by atoms with E-state index in [1.165, 1.54) is 0 Å². The number of nitrogens with one attached hydrogen (secondary N) is 1. The summed E-state index contributed by atoms with van der Waals surface area (Å²) in [7, 11) is 0. The summed E-state index contributed by atoms with van der Waals surface area (Å²) in [6.45, 7) is 12.7. The number of likely N-dealkylation sites (tertiary alicyclic amines) is 1. The molecular weight excluding hydrogens is 252 g/mol. The minimum atomic E-state index is 0.254. The van der Waals surface area contributed by atoms with Crippen LogP contribution in [0.4, 0.5) is 0 Å². The number of hydrogen-bond donors (Lipinski definition) is 1. The zero-order valence-electron chi connectivity index (χ0n) is 13.7. The summed E-state index contributed by atoms with van der Waals surface area (Å²) in [4.78, 5) is 14.1. The highest BCUT2D eigenvalue weighted by atomic mass is 16.5. The zero-order valence-corrected chi connectivity index (χ0v) is 13.7. The fourth-order valence-corrected chi connectivity index (χ4v) is 2.65. The fraction of sp³-hybridized carbons (Fsp3) is 0.938. The van der Waals surface area contributed by atoms with Gasteiger partial charge in [-0.15, -0.1) is 0 Å². The molecule has 118 valence electrons. The summed E-state index contributed by atoms with van der Waals surface area (Å²) in [6.07, 6.45) is 2.83. The van der Waals surface area contributed by atoms with Crippen LogP contribution in [0.3, 0.4) is 0 Å². The Kier molecular flexibility index (Phi) is 8.15. The molecule has 0 atom stereocenters. The summed E-state index contributed by atoms with van der Waals surface area (Å²) >= 11 is 0. The van der Waals surface area contributed by atoms with Gasteiger partial charge in [0.15, 0.2) is 0 Å². The third-order valence-corrected chi connectivity index (χ3v) is 4.09. The predicted molar refractivity (Wildman–Crippen MR) is 82.7 cm³/mol. The van der Waals surface area contributed by atoms with E-state index < -0.39 is 0 Å². The van der Waals surface area contributed by atoms with Gasteiger partial charge < -0.3 is 15.0 Å². The first-order valence-electron chi connectivity index (χ1n) is 8.09. The highest BCUT2D eigenvalue weighted by molar-refractivity contribution is 5.76. The van der Waals surface area contributed by atoms with E-state index in [4.69, 9.17) is 4.74 Å². The molecule has 20 heavy (non-hydrogen) atoms. The van der Waals surface area contributed by atoms with Crippen molar-refractivity contribution in [3.63, 3.8) is 0 Å². The van der Waals surface area contributed by atoms with E-state index in [9.17, 15) is 4.79 Å². The Hall–Kier alpha value is -0.610. The van der Waals surface area contributed by atoms with Gasteiger partial charge in [0, 0.05) is 25.7 Å². The molecule has 0 aromatic heterocycles. The van der Waals surface area contributed by atoms with Crippen molar-refractivity contribution in [2.75, 3.05) is 32.8 Å². The first-order valence-corrected chi connectivity index (χ1v) is 8.09. The van der Waals surface area contributed by atoms with E-state index in [0.29, 0.717) is 25.7 Å². The summed E-state index contributed by atoms with van der Waals surface area (Å²) < 4.78 is 5.49. The Morgan fingerprint density at radius 3 is 2.40 bits per heavy atom. The highest BCUT2D eigenvalue weighted by Gasteiger charge is 2.24. The molecular formula is C16H32N2O2. The van der Waals surface area contributed by atoms with Crippen LogP contribution in [0.5, 0.6) is 0 Å². The second-order valence-corrected chi connectivity index (χ2v) is 6.43. The Balaban J connectivity index is 2.06. The lowest BCUT2D eigenvalue weighted by Crippen LogP contribution is -2.39. The molecule has 4 heteroatoms. The molecule has 1 fully saturated rings. The van der Waals surface area contributed by atoms with Crippen LogP contribution in [0.2, 0.25) is 0 Å². The van der Waals surface area contributed by atoms with Gasteiger partial charge in [0.2, 0.25) is 5.91 Å². The van der Waals surface area contributed by atoms with Crippen LogP contribution in [-0.2, 0) is 9.53 Å². The van der Waals surface area contributed by atoms with E-state index in [-0.39, 0.29) is 5.91 Å². The largest absolute Gasteiger partial charge is 0.380 e. The Morgan fingerprint density at radius 1 is 1.20 bits per heavy atom. The van der Waals surface area contributed by atoms with Crippen molar-refractivity contribution in [3.8, 4) is 0 Å². The van der Waals surface area contributed by atoms with Gasteiger partial charge in [-0.05, 0) is 24.7 Å². The number of nitrogens with zero attached hydrogens (tertiary/aromatic N) is 1. The molecule has 1 aliphatic rings. The summed E-state index contributed by atoms with van der Waals surface area (Å²) in [5.41, 5.74) is 0. The van der Waals surface area contributed by atoms with Crippen LogP contribution in [0.25, 0.3) is 0 Å². The topological polar surface area (TPSA) is 41.6 Å². The average Bonchev–Trinajstić information content (AvgIpc) is 2.42. The van der Waals surface area contributed by atoms with Gasteiger partial charge in [0.05, 0.1) is 19.6 Å². The molecule has 1 aliphatic heterocycles. The Morgan fingerprint density at radius 2 is 1.85 bits per heavy atom. The first kappa shape index (κ1) is 17.4. The molecule has 0 aromatic carbocycles. The molecule has 1 amide bonds. The van der Waals surface area contributed by atoms with Crippen LogP contribution in [0.1, 0.15) is 47.0 Å². The van der Waals surface area contributed by atoms with Crippen molar-refractivity contribution in [2.45, 2.75) is 53.0 Å². The number of carbonyl (C=O) groups is 1. The summed E-state index contributed by atoms with van der Waals surface area (Å²) in [5, 5.41) is 3.29. The number of hydrogen-bond acceptors (Lipinski definition) is 3. The van der Waals surface area contributed by atoms with Crippen molar-refractivity contribution < 1.29 is 9.53 Å². The maximum Gasteiger partial charge on any atom is 0.224 e. The first-order chi connectivity index (χ1) is 9.50. The number of ether oxygens (including phenoxy) is 1. The average molecular weight is 284 g/mol. The van der Waals surface area contributed by atoms with Crippen molar-refractivity contribution in [1.82, 2.24) is 10.2 Å². The Labute approximate surface area is 124 Å². The molecule has 0 bridgehead atoms. The normalized spacial score (nSPS) is 17.2. The van der Waals surface area contributed by atoms with Crippen LogP contribution >= 0.6 is 0 Å². The molecule has 0 spiro atoms. The van der Waals surface area contributed by atoms with Gasteiger partial charge in [-0.3, -0.25) is 4.79 Å². The summed E-state index contributed by atoms with van der Waals surface area (Å²) in [5.74, 6) is 1.78. The lowest BCUT2D eigenvalue weighted by atomic mass is 9.86. The number of piperidine rings is 1. The molecule has 1 N–H and O–H groups in total. The lowest BCUT2D eigenvalue weighted by molar-refractivity contribution is -0.133. The van der Waals surface area contributed by atoms with E-state index in [1.807, 2.05) is 4.90 Å². The minimum Gasteiger partial charge on any atom is -0.380 e.